The highest BCUT2D eigenvalue weighted by Crippen LogP contribution is 2.25. The summed E-state index contributed by atoms with van der Waals surface area (Å²) in [5.41, 5.74) is 2.23. The SMILES string of the molecule is Cc1ccc(Oc2cccc(OCc3cncn3C)c2)cc1. The second kappa shape index (κ2) is 6.35. The van der Waals surface area contributed by atoms with Crippen molar-refractivity contribution in [1.29, 1.82) is 0 Å². The molecule has 0 fully saturated rings. The van der Waals surface area contributed by atoms with Crippen LogP contribution in [0.2, 0.25) is 0 Å². The molecular formula is C18H18N2O2. The molecule has 0 atom stereocenters. The van der Waals surface area contributed by atoms with Gasteiger partial charge in [-0.15, -0.1) is 0 Å². The monoisotopic (exact) mass is 294 g/mol. The van der Waals surface area contributed by atoms with Gasteiger partial charge in [-0.3, -0.25) is 0 Å². The van der Waals surface area contributed by atoms with E-state index in [1.54, 1.807) is 12.5 Å². The lowest BCUT2D eigenvalue weighted by Gasteiger charge is -2.09. The van der Waals surface area contributed by atoms with E-state index in [0.29, 0.717) is 6.61 Å². The number of aromatic nitrogens is 2. The highest BCUT2D eigenvalue weighted by molar-refractivity contribution is 5.37. The van der Waals surface area contributed by atoms with Crippen molar-refractivity contribution in [3.8, 4) is 17.2 Å². The highest BCUT2D eigenvalue weighted by atomic mass is 16.5. The van der Waals surface area contributed by atoms with Crippen molar-refractivity contribution in [3.63, 3.8) is 0 Å². The Morgan fingerprint density at radius 3 is 2.50 bits per heavy atom. The summed E-state index contributed by atoms with van der Waals surface area (Å²) >= 11 is 0. The second-order valence-corrected chi connectivity index (χ2v) is 5.17. The van der Waals surface area contributed by atoms with E-state index in [4.69, 9.17) is 9.47 Å². The molecule has 3 rings (SSSR count). The molecule has 0 radical (unpaired) electrons. The summed E-state index contributed by atoms with van der Waals surface area (Å²) in [4.78, 5) is 4.07. The number of aryl methyl sites for hydroxylation is 2. The summed E-state index contributed by atoms with van der Waals surface area (Å²) in [6, 6.07) is 15.6. The maximum atomic E-state index is 5.84. The van der Waals surface area contributed by atoms with E-state index >= 15 is 0 Å². The molecule has 3 aromatic rings. The first-order chi connectivity index (χ1) is 10.7. The first kappa shape index (κ1) is 14.2. The molecule has 0 amide bonds. The van der Waals surface area contributed by atoms with Gasteiger partial charge in [0.1, 0.15) is 23.9 Å². The molecule has 2 aromatic carbocycles. The number of ether oxygens (including phenoxy) is 2. The highest BCUT2D eigenvalue weighted by Gasteiger charge is 2.02. The van der Waals surface area contributed by atoms with Gasteiger partial charge in [-0.2, -0.15) is 0 Å². The van der Waals surface area contributed by atoms with E-state index in [-0.39, 0.29) is 0 Å². The molecule has 0 aliphatic heterocycles. The number of benzene rings is 2. The summed E-state index contributed by atoms with van der Waals surface area (Å²) in [7, 11) is 1.95. The molecule has 4 nitrogen and oxygen atoms in total. The van der Waals surface area contributed by atoms with Crippen molar-refractivity contribution >= 4 is 0 Å². The van der Waals surface area contributed by atoms with Crippen molar-refractivity contribution < 1.29 is 9.47 Å². The minimum Gasteiger partial charge on any atom is -0.487 e. The summed E-state index contributed by atoms with van der Waals surface area (Å²) in [5.74, 6) is 2.34. The fourth-order valence-electron chi connectivity index (χ4n) is 2.05. The Bertz CT molecular complexity index is 748. The van der Waals surface area contributed by atoms with Crippen LogP contribution in [0.5, 0.6) is 17.2 Å². The molecule has 0 bridgehead atoms. The van der Waals surface area contributed by atoms with Gasteiger partial charge in [0.2, 0.25) is 0 Å². The third kappa shape index (κ3) is 3.47. The maximum Gasteiger partial charge on any atom is 0.131 e. The molecule has 0 saturated heterocycles. The van der Waals surface area contributed by atoms with E-state index < -0.39 is 0 Å². The first-order valence-corrected chi connectivity index (χ1v) is 7.13. The van der Waals surface area contributed by atoms with Crippen LogP contribution in [0.3, 0.4) is 0 Å². The number of rotatable bonds is 5. The molecular weight excluding hydrogens is 276 g/mol. The molecule has 0 aliphatic carbocycles. The smallest absolute Gasteiger partial charge is 0.131 e. The summed E-state index contributed by atoms with van der Waals surface area (Å²) in [6.07, 6.45) is 3.56. The number of nitrogens with zero attached hydrogens (tertiary/aromatic N) is 2. The topological polar surface area (TPSA) is 36.3 Å². The predicted octanol–water partition coefficient (Wildman–Crippen LogP) is 4.10. The predicted molar refractivity (Wildman–Crippen MR) is 85.2 cm³/mol. The lowest BCUT2D eigenvalue weighted by Crippen LogP contribution is -2.01. The third-order valence-corrected chi connectivity index (χ3v) is 3.37. The van der Waals surface area contributed by atoms with E-state index in [1.165, 1.54) is 5.56 Å². The normalized spacial score (nSPS) is 10.5. The zero-order chi connectivity index (χ0) is 15.4. The zero-order valence-electron chi connectivity index (χ0n) is 12.7. The van der Waals surface area contributed by atoms with Gasteiger partial charge in [0.15, 0.2) is 0 Å². The van der Waals surface area contributed by atoms with E-state index in [1.807, 2.05) is 60.1 Å². The van der Waals surface area contributed by atoms with Crippen molar-refractivity contribution in [2.75, 3.05) is 0 Å². The molecule has 0 saturated carbocycles. The fraction of sp³-hybridized carbons (Fsp3) is 0.167. The Hall–Kier alpha value is -2.75. The molecule has 22 heavy (non-hydrogen) atoms. The number of hydrogen-bond acceptors (Lipinski definition) is 3. The Morgan fingerprint density at radius 2 is 1.77 bits per heavy atom. The van der Waals surface area contributed by atoms with Gasteiger partial charge in [-0.05, 0) is 31.2 Å². The van der Waals surface area contributed by atoms with E-state index in [2.05, 4.69) is 11.9 Å². The molecule has 0 unspecified atom stereocenters. The van der Waals surface area contributed by atoms with Gasteiger partial charge in [-0.1, -0.05) is 23.8 Å². The maximum absolute atomic E-state index is 5.84. The van der Waals surface area contributed by atoms with Crippen molar-refractivity contribution in [2.24, 2.45) is 7.05 Å². The Kier molecular flexibility index (Phi) is 4.10. The van der Waals surface area contributed by atoms with Crippen LogP contribution in [0.25, 0.3) is 0 Å². The van der Waals surface area contributed by atoms with Crippen LogP contribution < -0.4 is 9.47 Å². The molecule has 4 heteroatoms. The van der Waals surface area contributed by atoms with Crippen LogP contribution in [0.15, 0.2) is 61.1 Å². The molecule has 112 valence electrons. The third-order valence-electron chi connectivity index (χ3n) is 3.37. The first-order valence-electron chi connectivity index (χ1n) is 7.13. The van der Waals surface area contributed by atoms with Crippen LogP contribution in [-0.2, 0) is 13.7 Å². The van der Waals surface area contributed by atoms with Gasteiger partial charge in [0, 0.05) is 13.1 Å². The van der Waals surface area contributed by atoms with Gasteiger partial charge in [0.25, 0.3) is 0 Å². The molecule has 0 aliphatic rings. The minimum absolute atomic E-state index is 0.477. The number of imidazole rings is 1. The van der Waals surface area contributed by atoms with E-state index in [9.17, 15) is 0 Å². The lowest BCUT2D eigenvalue weighted by molar-refractivity contribution is 0.295. The van der Waals surface area contributed by atoms with Gasteiger partial charge in [-0.25, -0.2) is 4.98 Å². The molecule has 1 heterocycles. The standard InChI is InChI=1S/C18H18N2O2/c1-14-6-8-16(9-7-14)22-18-5-3-4-17(10-18)21-12-15-11-19-13-20(15)2/h3-11,13H,12H2,1-2H3. The van der Waals surface area contributed by atoms with Crippen LogP contribution in [0, 0.1) is 6.92 Å². The van der Waals surface area contributed by atoms with Crippen molar-refractivity contribution in [1.82, 2.24) is 9.55 Å². The number of hydrogen-bond donors (Lipinski definition) is 0. The van der Waals surface area contributed by atoms with Gasteiger partial charge in [0.05, 0.1) is 18.2 Å². The quantitative estimate of drug-likeness (QED) is 0.711. The minimum atomic E-state index is 0.477. The lowest BCUT2D eigenvalue weighted by atomic mass is 10.2. The summed E-state index contributed by atoms with van der Waals surface area (Å²) < 4.78 is 13.6. The molecule has 1 aromatic heterocycles. The summed E-state index contributed by atoms with van der Waals surface area (Å²) in [5, 5.41) is 0. The molecule has 0 spiro atoms. The van der Waals surface area contributed by atoms with Crippen molar-refractivity contribution in [2.45, 2.75) is 13.5 Å². The van der Waals surface area contributed by atoms with Crippen molar-refractivity contribution in [3.05, 3.63) is 72.3 Å². The Labute approximate surface area is 130 Å². The van der Waals surface area contributed by atoms with E-state index in [0.717, 1.165) is 22.9 Å². The van der Waals surface area contributed by atoms with Crippen LogP contribution >= 0.6 is 0 Å². The van der Waals surface area contributed by atoms with Crippen LogP contribution in [0.4, 0.5) is 0 Å². The van der Waals surface area contributed by atoms with Gasteiger partial charge >= 0.3 is 0 Å². The van der Waals surface area contributed by atoms with Gasteiger partial charge < -0.3 is 14.0 Å². The Morgan fingerprint density at radius 1 is 1.00 bits per heavy atom. The van der Waals surface area contributed by atoms with Crippen LogP contribution in [-0.4, -0.2) is 9.55 Å². The molecule has 0 N–H and O–H groups in total. The average molecular weight is 294 g/mol. The average Bonchev–Trinajstić information content (AvgIpc) is 2.93. The van der Waals surface area contributed by atoms with Crippen LogP contribution in [0.1, 0.15) is 11.3 Å². The summed E-state index contributed by atoms with van der Waals surface area (Å²) in [6.45, 7) is 2.53. The largest absolute Gasteiger partial charge is 0.487 e. The second-order valence-electron chi connectivity index (χ2n) is 5.17. The fourth-order valence-corrected chi connectivity index (χ4v) is 2.05. The zero-order valence-corrected chi connectivity index (χ0v) is 12.7. The Balaban J connectivity index is 1.67.